The molecule has 0 aliphatic heterocycles. The molecule has 10 heteroatoms. The van der Waals surface area contributed by atoms with Crippen molar-refractivity contribution < 1.29 is 38.1 Å². The van der Waals surface area contributed by atoms with E-state index in [2.05, 4.69) is 5.32 Å². The summed E-state index contributed by atoms with van der Waals surface area (Å²) in [5.41, 5.74) is 5.36. The maximum Gasteiger partial charge on any atom is 0.303 e. The second-order valence-electron chi connectivity index (χ2n) is 6.17. The van der Waals surface area contributed by atoms with E-state index >= 15 is 0 Å². The lowest BCUT2D eigenvalue weighted by atomic mass is 9.92. The lowest BCUT2D eigenvalue weighted by molar-refractivity contribution is -0.178. The van der Waals surface area contributed by atoms with Gasteiger partial charge in [-0.1, -0.05) is 6.92 Å². The molecule has 0 heterocycles. The number of ether oxygens (including phenoxy) is 4. The van der Waals surface area contributed by atoms with E-state index in [4.69, 9.17) is 24.7 Å². The molecule has 10 nitrogen and oxygen atoms in total. The SMILES string of the molecule is COC(C)C(NC(=O)CN)C(OC(C)=O)C(OC(C)=O)C(C)COC(C)=O. The van der Waals surface area contributed by atoms with Crippen molar-refractivity contribution in [2.24, 2.45) is 11.7 Å². The van der Waals surface area contributed by atoms with Gasteiger partial charge < -0.3 is 30.0 Å². The highest BCUT2D eigenvalue weighted by atomic mass is 16.6. The van der Waals surface area contributed by atoms with Crippen LogP contribution in [0.4, 0.5) is 0 Å². The number of hydrogen-bond acceptors (Lipinski definition) is 9. The van der Waals surface area contributed by atoms with E-state index in [1.165, 1.54) is 27.9 Å². The summed E-state index contributed by atoms with van der Waals surface area (Å²) in [6, 6.07) is -0.862. The molecule has 5 unspecified atom stereocenters. The van der Waals surface area contributed by atoms with E-state index in [0.29, 0.717) is 0 Å². The molecule has 3 N–H and O–H groups in total. The Morgan fingerprint density at radius 3 is 1.85 bits per heavy atom. The summed E-state index contributed by atoms with van der Waals surface area (Å²) in [6.45, 7) is 6.57. The van der Waals surface area contributed by atoms with Crippen LogP contribution in [0.15, 0.2) is 0 Å². The smallest absolute Gasteiger partial charge is 0.303 e. The Morgan fingerprint density at radius 1 is 0.926 bits per heavy atom. The topological polar surface area (TPSA) is 143 Å². The number of nitrogens with one attached hydrogen (secondary N) is 1. The molecular weight excluding hydrogens is 360 g/mol. The van der Waals surface area contributed by atoms with Crippen LogP contribution in [0.5, 0.6) is 0 Å². The fourth-order valence-electron chi connectivity index (χ4n) is 2.44. The first kappa shape index (κ1) is 24.8. The van der Waals surface area contributed by atoms with Gasteiger partial charge in [0.2, 0.25) is 5.91 Å². The van der Waals surface area contributed by atoms with Crippen molar-refractivity contribution in [2.75, 3.05) is 20.3 Å². The fourth-order valence-corrected chi connectivity index (χ4v) is 2.44. The van der Waals surface area contributed by atoms with Gasteiger partial charge in [-0.15, -0.1) is 0 Å². The molecule has 5 atom stereocenters. The molecule has 0 radical (unpaired) electrons. The van der Waals surface area contributed by atoms with Crippen LogP contribution < -0.4 is 11.1 Å². The Bertz CT molecular complexity index is 525. The van der Waals surface area contributed by atoms with Crippen LogP contribution in [0.3, 0.4) is 0 Å². The lowest BCUT2D eigenvalue weighted by Gasteiger charge is -2.37. The van der Waals surface area contributed by atoms with Crippen LogP contribution in [0, 0.1) is 5.92 Å². The van der Waals surface area contributed by atoms with Crippen LogP contribution >= 0.6 is 0 Å². The first-order valence-electron chi connectivity index (χ1n) is 8.53. The van der Waals surface area contributed by atoms with Crippen molar-refractivity contribution >= 4 is 23.8 Å². The van der Waals surface area contributed by atoms with E-state index < -0.39 is 54.1 Å². The zero-order valence-electron chi connectivity index (χ0n) is 16.6. The number of amides is 1. The van der Waals surface area contributed by atoms with Crippen molar-refractivity contribution in [3.8, 4) is 0 Å². The third-order valence-electron chi connectivity index (χ3n) is 3.78. The molecule has 0 aliphatic carbocycles. The predicted molar refractivity (Wildman–Crippen MR) is 94.4 cm³/mol. The molecule has 0 aromatic heterocycles. The number of carbonyl (C=O) groups excluding carboxylic acids is 4. The summed E-state index contributed by atoms with van der Waals surface area (Å²) in [7, 11) is 1.42. The van der Waals surface area contributed by atoms with Crippen molar-refractivity contribution in [1.29, 1.82) is 0 Å². The first-order chi connectivity index (χ1) is 12.5. The lowest BCUT2D eigenvalue weighted by Crippen LogP contribution is -2.59. The minimum absolute atomic E-state index is 0.0794. The van der Waals surface area contributed by atoms with Crippen LogP contribution in [-0.2, 0) is 38.1 Å². The van der Waals surface area contributed by atoms with Crippen LogP contribution in [-0.4, -0.2) is 68.4 Å². The maximum absolute atomic E-state index is 11.9. The van der Waals surface area contributed by atoms with E-state index in [-0.39, 0.29) is 13.2 Å². The van der Waals surface area contributed by atoms with Gasteiger partial charge in [-0.2, -0.15) is 0 Å². The van der Waals surface area contributed by atoms with E-state index in [0.717, 1.165) is 0 Å². The normalized spacial score (nSPS) is 16.3. The standard InChI is InChI=1S/C17H30N2O8/c1-9(8-25-11(3)20)16(26-12(4)21)17(27-13(5)22)15(10(2)24-6)19-14(23)7-18/h9-10,15-17H,7-8,18H2,1-6H3,(H,19,23). The molecule has 0 bridgehead atoms. The summed E-state index contributed by atoms with van der Waals surface area (Å²) in [5.74, 6) is -2.82. The average molecular weight is 390 g/mol. The minimum atomic E-state index is -1.09. The molecule has 0 rings (SSSR count). The van der Waals surface area contributed by atoms with Crippen molar-refractivity contribution in [2.45, 2.75) is 59.0 Å². The molecule has 0 aromatic carbocycles. The number of rotatable bonds is 11. The number of hydrogen-bond donors (Lipinski definition) is 2. The van der Waals surface area contributed by atoms with Crippen molar-refractivity contribution in [1.82, 2.24) is 5.32 Å². The monoisotopic (exact) mass is 390 g/mol. The summed E-state index contributed by atoms with van der Waals surface area (Å²) in [6.07, 6.45) is -2.71. The Hall–Kier alpha value is -2.20. The van der Waals surface area contributed by atoms with Crippen LogP contribution in [0.1, 0.15) is 34.6 Å². The first-order valence-corrected chi connectivity index (χ1v) is 8.53. The molecule has 0 fully saturated rings. The zero-order chi connectivity index (χ0) is 21.1. The van der Waals surface area contributed by atoms with Gasteiger partial charge >= 0.3 is 17.9 Å². The van der Waals surface area contributed by atoms with E-state index in [9.17, 15) is 19.2 Å². The molecule has 0 spiro atoms. The van der Waals surface area contributed by atoms with E-state index in [1.54, 1.807) is 13.8 Å². The Morgan fingerprint density at radius 2 is 1.44 bits per heavy atom. The maximum atomic E-state index is 11.9. The van der Waals surface area contributed by atoms with Crippen LogP contribution in [0.25, 0.3) is 0 Å². The Labute approximate surface area is 159 Å². The summed E-state index contributed by atoms with van der Waals surface area (Å²) in [5, 5.41) is 2.63. The van der Waals surface area contributed by atoms with Gasteiger partial charge in [-0.25, -0.2) is 0 Å². The quantitative estimate of drug-likeness (QED) is 0.353. The number of methoxy groups -OCH3 is 1. The van der Waals surface area contributed by atoms with Crippen molar-refractivity contribution in [3.05, 3.63) is 0 Å². The molecule has 27 heavy (non-hydrogen) atoms. The highest BCUT2D eigenvalue weighted by Crippen LogP contribution is 2.22. The Kier molecular flexibility index (Phi) is 11.2. The van der Waals surface area contributed by atoms with Crippen LogP contribution in [0.2, 0.25) is 0 Å². The predicted octanol–water partition coefficient (Wildman–Crippen LogP) is -0.473. The van der Waals surface area contributed by atoms with Gasteiger partial charge in [-0.3, -0.25) is 19.2 Å². The van der Waals surface area contributed by atoms with Gasteiger partial charge in [0.1, 0.15) is 6.10 Å². The minimum Gasteiger partial charge on any atom is -0.465 e. The van der Waals surface area contributed by atoms with Gasteiger partial charge in [-0.05, 0) is 6.92 Å². The van der Waals surface area contributed by atoms with Gasteiger partial charge in [0.05, 0.1) is 25.3 Å². The highest BCUT2D eigenvalue weighted by Gasteiger charge is 2.41. The van der Waals surface area contributed by atoms with E-state index in [1.807, 2.05) is 0 Å². The van der Waals surface area contributed by atoms with Gasteiger partial charge in [0.25, 0.3) is 0 Å². The molecule has 1 amide bonds. The van der Waals surface area contributed by atoms with Gasteiger partial charge in [0, 0.05) is 33.8 Å². The Balaban J connectivity index is 5.88. The second-order valence-corrected chi connectivity index (χ2v) is 6.17. The second kappa shape index (κ2) is 12.2. The molecule has 0 aromatic rings. The zero-order valence-corrected chi connectivity index (χ0v) is 16.6. The molecule has 0 aliphatic rings. The summed E-state index contributed by atoms with van der Waals surface area (Å²) in [4.78, 5) is 46.3. The van der Waals surface area contributed by atoms with Gasteiger partial charge in [0.15, 0.2) is 6.10 Å². The van der Waals surface area contributed by atoms with Crippen molar-refractivity contribution in [3.63, 3.8) is 0 Å². The largest absolute Gasteiger partial charge is 0.465 e. The third kappa shape index (κ3) is 9.34. The number of esters is 3. The molecular formula is C17H30N2O8. The third-order valence-corrected chi connectivity index (χ3v) is 3.78. The number of nitrogens with two attached hydrogens (primary N) is 1. The fraction of sp³-hybridized carbons (Fsp3) is 0.765. The summed E-state index contributed by atoms with van der Waals surface area (Å²) >= 11 is 0. The highest BCUT2D eigenvalue weighted by molar-refractivity contribution is 5.78. The summed E-state index contributed by atoms with van der Waals surface area (Å²) < 4.78 is 21.0. The molecule has 0 saturated carbocycles. The molecule has 0 saturated heterocycles. The number of carbonyl (C=O) groups is 4. The average Bonchev–Trinajstić information content (AvgIpc) is 2.59. The molecule has 156 valence electrons.